The van der Waals surface area contributed by atoms with Crippen molar-refractivity contribution in [1.82, 2.24) is 4.90 Å². The molecule has 2 heterocycles. The average Bonchev–Trinajstić information content (AvgIpc) is 2.89. The molecule has 3 rings (SSSR count). The number of ether oxygens (including phenoxy) is 3. The maximum Gasteiger partial charge on any atom is 0.177 e. The zero-order chi connectivity index (χ0) is 18.2. The molecule has 1 aromatic carbocycles. The minimum atomic E-state index is -0.572. The lowest BCUT2D eigenvalue weighted by Gasteiger charge is -2.28. The zero-order valence-corrected chi connectivity index (χ0v) is 19.0. The standard InChI is InChI=1S/C17H22Br3NO4/c1-17(2)7-11-12(18)13(19)14(20)16(15(11)25-17)24-9-10(22)8-21-3-5-23-6-4-21/h10,22H,3-9H2,1-2H3. The van der Waals surface area contributed by atoms with Crippen LogP contribution in [0.5, 0.6) is 11.5 Å². The van der Waals surface area contributed by atoms with E-state index in [-0.39, 0.29) is 12.2 Å². The molecule has 0 aromatic heterocycles. The molecule has 1 aromatic rings. The quantitative estimate of drug-likeness (QED) is 0.573. The van der Waals surface area contributed by atoms with E-state index in [1.54, 1.807) is 0 Å². The Morgan fingerprint density at radius 2 is 1.84 bits per heavy atom. The van der Waals surface area contributed by atoms with Crippen LogP contribution in [0, 0.1) is 0 Å². The molecule has 1 atom stereocenters. The van der Waals surface area contributed by atoms with E-state index in [0.717, 1.165) is 57.5 Å². The number of hydrogen-bond donors (Lipinski definition) is 1. The van der Waals surface area contributed by atoms with Gasteiger partial charge in [-0.05, 0) is 61.6 Å². The van der Waals surface area contributed by atoms with Crippen molar-refractivity contribution >= 4 is 47.8 Å². The highest BCUT2D eigenvalue weighted by atomic mass is 79.9. The first kappa shape index (κ1) is 19.9. The van der Waals surface area contributed by atoms with Crippen LogP contribution in [-0.2, 0) is 11.2 Å². The van der Waals surface area contributed by atoms with Crippen LogP contribution >= 0.6 is 47.8 Å². The van der Waals surface area contributed by atoms with Gasteiger partial charge in [0.25, 0.3) is 0 Å². The number of nitrogens with zero attached hydrogens (tertiary/aromatic N) is 1. The molecular formula is C17H22Br3NO4. The van der Waals surface area contributed by atoms with Crippen LogP contribution in [0.3, 0.4) is 0 Å². The van der Waals surface area contributed by atoms with Crippen molar-refractivity contribution in [2.75, 3.05) is 39.5 Å². The first-order chi connectivity index (χ1) is 11.8. The van der Waals surface area contributed by atoms with Crippen molar-refractivity contribution in [1.29, 1.82) is 0 Å². The van der Waals surface area contributed by atoms with Gasteiger partial charge >= 0.3 is 0 Å². The molecule has 25 heavy (non-hydrogen) atoms. The van der Waals surface area contributed by atoms with Gasteiger partial charge in [0.05, 0.1) is 22.2 Å². The molecule has 0 radical (unpaired) electrons. The Bertz CT molecular complexity index is 648. The van der Waals surface area contributed by atoms with E-state index in [0.29, 0.717) is 12.3 Å². The van der Waals surface area contributed by atoms with Crippen LogP contribution in [-0.4, -0.2) is 61.2 Å². The van der Waals surface area contributed by atoms with E-state index < -0.39 is 6.10 Å². The van der Waals surface area contributed by atoms with Crippen molar-refractivity contribution < 1.29 is 19.3 Å². The van der Waals surface area contributed by atoms with E-state index >= 15 is 0 Å². The Labute approximate surface area is 173 Å². The smallest absolute Gasteiger partial charge is 0.177 e. The molecule has 5 nitrogen and oxygen atoms in total. The SMILES string of the molecule is CC1(C)Cc2c(Br)c(Br)c(Br)c(OCC(O)CN3CCOCC3)c2O1. The third kappa shape index (κ3) is 4.52. The summed E-state index contributed by atoms with van der Waals surface area (Å²) in [7, 11) is 0. The summed E-state index contributed by atoms with van der Waals surface area (Å²) in [5, 5.41) is 10.3. The van der Waals surface area contributed by atoms with Crippen LogP contribution in [0.15, 0.2) is 13.4 Å². The third-order valence-corrected chi connectivity index (χ3v) is 7.79. The predicted molar refractivity (Wildman–Crippen MR) is 107 cm³/mol. The third-order valence-electron chi connectivity index (χ3n) is 4.30. The van der Waals surface area contributed by atoms with Gasteiger partial charge in [-0.3, -0.25) is 4.90 Å². The molecule has 0 aliphatic carbocycles. The molecule has 0 saturated carbocycles. The van der Waals surface area contributed by atoms with E-state index in [2.05, 4.69) is 66.5 Å². The maximum atomic E-state index is 10.3. The average molecular weight is 544 g/mol. The molecular weight excluding hydrogens is 522 g/mol. The van der Waals surface area contributed by atoms with E-state index in [4.69, 9.17) is 14.2 Å². The highest BCUT2D eigenvalue weighted by Gasteiger charge is 2.37. The Kier molecular flexibility index (Phi) is 6.38. The molecule has 8 heteroatoms. The Morgan fingerprint density at radius 3 is 2.52 bits per heavy atom. The second-order valence-electron chi connectivity index (χ2n) is 7.00. The first-order valence-corrected chi connectivity index (χ1v) is 10.7. The van der Waals surface area contributed by atoms with Gasteiger partial charge in [-0.1, -0.05) is 0 Å². The molecule has 1 fully saturated rings. The summed E-state index contributed by atoms with van der Waals surface area (Å²) < 4.78 is 20.1. The number of rotatable bonds is 5. The van der Waals surface area contributed by atoms with E-state index in [9.17, 15) is 5.11 Å². The second kappa shape index (κ2) is 8.02. The molecule has 0 bridgehead atoms. The van der Waals surface area contributed by atoms with Crippen LogP contribution in [0.25, 0.3) is 0 Å². The number of halogens is 3. The normalized spacial score (nSPS) is 20.9. The molecule has 1 unspecified atom stereocenters. The van der Waals surface area contributed by atoms with Crippen LogP contribution in [0.4, 0.5) is 0 Å². The lowest BCUT2D eigenvalue weighted by molar-refractivity contribution is 0.00414. The monoisotopic (exact) mass is 541 g/mol. The van der Waals surface area contributed by atoms with Gasteiger partial charge in [0.2, 0.25) is 0 Å². The van der Waals surface area contributed by atoms with Gasteiger partial charge in [0.1, 0.15) is 18.3 Å². The fourth-order valence-electron chi connectivity index (χ4n) is 3.11. The molecule has 1 saturated heterocycles. The number of benzene rings is 1. The molecule has 2 aliphatic rings. The fraction of sp³-hybridized carbons (Fsp3) is 0.647. The summed E-state index contributed by atoms with van der Waals surface area (Å²) in [6.07, 6.45) is 0.221. The minimum Gasteiger partial charge on any atom is -0.486 e. The predicted octanol–water partition coefficient (Wildman–Crippen LogP) is 3.76. The fourth-order valence-corrected chi connectivity index (χ4v) is 4.81. The summed E-state index contributed by atoms with van der Waals surface area (Å²) in [6.45, 7) is 8.02. The molecule has 140 valence electrons. The topological polar surface area (TPSA) is 51.2 Å². The van der Waals surface area contributed by atoms with Crippen LogP contribution < -0.4 is 9.47 Å². The van der Waals surface area contributed by atoms with Gasteiger partial charge in [-0.15, -0.1) is 0 Å². The number of morpholine rings is 1. The Balaban J connectivity index is 1.72. The number of aliphatic hydroxyl groups is 1. The molecule has 0 spiro atoms. The zero-order valence-electron chi connectivity index (χ0n) is 14.3. The van der Waals surface area contributed by atoms with Crippen LogP contribution in [0.2, 0.25) is 0 Å². The highest BCUT2D eigenvalue weighted by Crippen LogP contribution is 2.53. The Hall–Kier alpha value is 0.140. The number of hydrogen-bond acceptors (Lipinski definition) is 5. The van der Waals surface area contributed by atoms with Crippen molar-refractivity contribution in [2.45, 2.75) is 32.0 Å². The lowest BCUT2D eigenvalue weighted by Crippen LogP contribution is -2.42. The largest absolute Gasteiger partial charge is 0.486 e. The van der Waals surface area contributed by atoms with E-state index in [1.165, 1.54) is 0 Å². The summed E-state index contributed by atoms with van der Waals surface area (Å²) in [4.78, 5) is 2.19. The summed E-state index contributed by atoms with van der Waals surface area (Å²) in [6, 6.07) is 0. The lowest BCUT2D eigenvalue weighted by atomic mass is 10.0. The number of β-amino-alcohol motifs (C(OH)–C–C–N with tert-alkyl or cyclic N) is 1. The van der Waals surface area contributed by atoms with Gasteiger partial charge in [0.15, 0.2) is 11.5 Å². The van der Waals surface area contributed by atoms with Crippen molar-refractivity contribution in [3.8, 4) is 11.5 Å². The van der Waals surface area contributed by atoms with Crippen molar-refractivity contribution in [2.24, 2.45) is 0 Å². The van der Waals surface area contributed by atoms with Gasteiger partial charge in [-0.25, -0.2) is 0 Å². The first-order valence-electron chi connectivity index (χ1n) is 8.28. The summed E-state index contributed by atoms with van der Waals surface area (Å²) in [5.41, 5.74) is 0.799. The molecule has 2 aliphatic heterocycles. The maximum absolute atomic E-state index is 10.3. The Morgan fingerprint density at radius 1 is 1.16 bits per heavy atom. The van der Waals surface area contributed by atoms with E-state index in [1.807, 2.05) is 0 Å². The number of aliphatic hydroxyl groups excluding tert-OH is 1. The number of fused-ring (bicyclic) bond motifs is 1. The van der Waals surface area contributed by atoms with Crippen molar-refractivity contribution in [3.63, 3.8) is 0 Å². The van der Waals surface area contributed by atoms with Gasteiger partial charge in [0, 0.05) is 36.1 Å². The summed E-state index contributed by atoms with van der Waals surface area (Å²) >= 11 is 10.8. The molecule has 0 amide bonds. The highest BCUT2D eigenvalue weighted by molar-refractivity contribution is 9.14. The van der Waals surface area contributed by atoms with Gasteiger partial charge < -0.3 is 19.3 Å². The minimum absolute atomic E-state index is 0.209. The molecule has 1 N–H and O–H groups in total. The van der Waals surface area contributed by atoms with Crippen molar-refractivity contribution in [3.05, 3.63) is 19.0 Å². The van der Waals surface area contributed by atoms with Gasteiger partial charge in [-0.2, -0.15) is 0 Å². The second-order valence-corrected chi connectivity index (χ2v) is 9.37. The van der Waals surface area contributed by atoms with Crippen LogP contribution in [0.1, 0.15) is 19.4 Å². The summed E-state index contributed by atoms with van der Waals surface area (Å²) in [5.74, 6) is 1.38.